The number of H-pyrrole nitrogens is 1. The second kappa shape index (κ2) is 8.50. The molecule has 1 amide bonds. The van der Waals surface area contributed by atoms with Crippen molar-refractivity contribution in [1.82, 2.24) is 25.3 Å². The number of nitro benzene ring substituents is 1. The van der Waals surface area contributed by atoms with Gasteiger partial charge in [-0.05, 0) is 35.9 Å². The van der Waals surface area contributed by atoms with Gasteiger partial charge in [0.15, 0.2) is 0 Å². The summed E-state index contributed by atoms with van der Waals surface area (Å²) in [6.07, 6.45) is 2.97. The first-order valence-electron chi connectivity index (χ1n) is 8.84. The van der Waals surface area contributed by atoms with Crippen LogP contribution >= 0.6 is 22.9 Å². The maximum Gasteiger partial charge on any atom is 0.295 e. The van der Waals surface area contributed by atoms with Crippen LogP contribution in [0.5, 0.6) is 0 Å². The van der Waals surface area contributed by atoms with Gasteiger partial charge in [0.2, 0.25) is 0 Å². The van der Waals surface area contributed by atoms with Crippen LogP contribution in [-0.4, -0.2) is 30.8 Å². The van der Waals surface area contributed by atoms with Crippen LogP contribution in [0.4, 0.5) is 5.69 Å². The summed E-state index contributed by atoms with van der Waals surface area (Å²) >= 11 is 6.98. The zero-order valence-corrected chi connectivity index (χ0v) is 17.2. The molecule has 0 unspecified atom stereocenters. The summed E-state index contributed by atoms with van der Waals surface area (Å²) < 4.78 is 1.75. The molecule has 2 N–H and O–H groups in total. The highest BCUT2D eigenvalue weighted by Gasteiger charge is 2.19. The van der Waals surface area contributed by atoms with Gasteiger partial charge in [-0.25, -0.2) is 4.68 Å². The van der Waals surface area contributed by atoms with Crippen LogP contribution in [-0.2, 0) is 6.54 Å². The maximum absolute atomic E-state index is 12.1. The normalized spacial score (nSPS) is 10.7. The molecule has 4 rings (SSSR count). The van der Waals surface area contributed by atoms with Crippen molar-refractivity contribution in [3.05, 3.63) is 90.2 Å². The molecule has 0 saturated heterocycles. The Bertz CT molecular complexity index is 1340. The van der Waals surface area contributed by atoms with Gasteiger partial charge in [0.25, 0.3) is 17.2 Å². The number of carbonyl (C=O) groups excluding carboxylic acids is 1. The lowest BCUT2D eigenvalue weighted by atomic mass is 10.1. The number of benzene rings is 1. The molecule has 156 valence electrons. The number of hydrogen-bond donors (Lipinski definition) is 2. The minimum atomic E-state index is -0.556. The molecule has 1 aromatic carbocycles. The molecular weight excluding hydrogens is 444 g/mol. The van der Waals surface area contributed by atoms with Gasteiger partial charge in [-0.2, -0.15) is 0 Å². The molecule has 4 aromatic rings. The first-order chi connectivity index (χ1) is 14.9. The standard InChI is InChI=1S/C19H13ClN6O4S/c20-17-6-5-16(31-17)19(28)22-9-12-10-25(24-23-12)14-4-3-11(8-15(14)26(29)30)13-2-1-7-21-18(13)27/h1-8,10H,9H2,(H,21,27)(H,22,28). The van der Waals surface area contributed by atoms with E-state index < -0.39 is 4.92 Å². The van der Waals surface area contributed by atoms with E-state index in [1.165, 1.54) is 29.2 Å². The van der Waals surface area contributed by atoms with Crippen LogP contribution < -0.4 is 10.9 Å². The highest BCUT2D eigenvalue weighted by Crippen LogP contribution is 2.28. The lowest BCUT2D eigenvalue weighted by molar-refractivity contribution is -0.384. The summed E-state index contributed by atoms with van der Waals surface area (Å²) in [4.78, 5) is 38.2. The Balaban J connectivity index is 1.58. The monoisotopic (exact) mass is 456 g/mol. The molecular formula is C19H13ClN6O4S. The second-order valence-electron chi connectivity index (χ2n) is 6.31. The summed E-state index contributed by atoms with van der Waals surface area (Å²) in [6, 6.07) is 10.9. The molecule has 0 fully saturated rings. The lowest BCUT2D eigenvalue weighted by Gasteiger charge is -2.05. The van der Waals surface area contributed by atoms with Crippen molar-refractivity contribution >= 4 is 34.5 Å². The van der Waals surface area contributed by atoms with E-state index in [9.17, 15) is 19.7 Å². The van der Waals surface area contributed by atoms with Crippen molar-refractivity contribution in [1.29, 1.82) is 0 Å². The topological polar surface area (TPSA) is 136 Å². The van der Waals surface area contributed by atoms with Crippen molar-refractivity contribution < 1.29 is 9.72 Å². The van der Waals surface area contributed by atoms with Gasteiger partial charge < -0.3 is 10.3 Å². The number of pyridine rings is 1. The Morgan fingerprint density at radius 2 is 2.13 bits per heavy atom. The predicted octanol–water partition coefficient (Wildman–Crippen LogP) is 3.18. The number of amides is 1. The van der Waals surface area contributed by atoms with E-state index in [0.717, 1.165) is 11.3 Å². The fourth-order valence-electron chi connectivity index (χ4n) is 2.87. The van der Waals surface area contributed by atoms with E-state index >= 15 is 0 Å². The average molecular weight is 457 g/mol. The van der Waals surface area contributed by atoms with E-state index in [0.29, 0.717) is 26.0 Å². The van der Waals surface area contributed by atoms with Crippen LogP contribution in [0.25, 0.3) is 16.8 Å². The van der Waals surface area contributed by atoms with Crippen molar-refractivity contribution in [2.24, 2.45) is 0 Å². The van der Waals surface area contributed by atoms with Crippen molar-refractivity contribution in [2.45, 2.75) is 6.54 Å². The summed E-state index contributed by atoms with van der Waals surface area (Å²) in [7, 11) is 0. The molecule has 10 nitrogen and oxygen atoms in total. The minimum Gasteiger partial charge on any atom is -0.346 e. The summed E-state index contributed by atoms with van der Waals surface area (Å²) in [6.45, 7) is 0.0830. The summed E-state index contributed by atoms with van der Waals surface area (Å²) in [5.74, 6) is -0.310. The largest absolute Gasteiger partial charge is 0.346 e. The molecule has 0 atom stereocenters. The Morgan fingerprint density at radius 1 is 1.29 bits per heavy atom. The number of rotatable bonds is 6. The van der Waals surface area contributed by atoms with E-state index in [1.54, 1.807) is 30.3 Å². The number of thiophene rings is 1. The van der Waals surface area contributed by atoms with Gasteiger partial charge >= 0.3 is 0 Å². The van der Waals surface area contributed by atoms with Crippen LogP contribution in [0.2, 0.25) is 4.34 Å². The predicted molar refractivity (Wildman–Crippen MR) is 115 cm³/mol. The number of carbonyl (C=O) groups is 1. The second-order valence-corrected chi connectivity index (χ2v) is 8.03. The number of nitrogens with one attached hydrogen (secondary N) is 2. The molecule has 3 heterocycles. The third kappa shape index (κ3) is 4.37. The van der Waals surface area contributed by atoms with Crippen molar-refractivity contribution in [2.75, 3.05) is 0 Å². The Labute approximate surface area is 183 Å². The zero-order valence-electron chi connectivity index (χ0n) is 15.6. The van der Waals surface area contributed by atoms with Gasteiger partial charge in [0, 0.05) is 17.8 Å². The number of aromatic amines is 1. The third-order valence-corrected chi connectivity index (χ3v) is 5.55. The first-order valence-corrected chi connectivity index (χ1v) is 10.0. The molecule has 3 aromatic heterocycles. The number of nitrogens with zero attached hydrogens (tertiary/aromatic N) is 4. The number of hydrogen-bond acceptors (Lipinski definition) is 7. The Morgan fingerprint density at radius 3 is 2.84 bits per heavy atom. The number of nitro groups is 1. The number of aromatic nitrogens is 4. The molecule has 0 aliphatic heterocycles. The molecule has 0 saturated carbocycles. The van der Waals surface area contributed by atoms with Crippen molar-refractivity contribution in [3.8, 4) is 16.8 Å². The quantitative estimate of drug-likeness (QED) is 0.338. The van der Waals surface area contributed by atoms with Gasteiger partial charge in [-0.3, -0.25) is 19.7 Å². The highest BCUT2D eigenvalue weighted by molar-refractivity contribution is 7.17. The smallest absolute Gasteiger partial charge is 0.295 e. The molecule has 0 aliphatic carbocycles. The fraction of sp³-hybridized carbons (Fsp3) is 0.0526. The van der Waals surface area contributed by atoms with Gasteiger partial charge in [-0.15, -0.1) is 16.4 Å². The molecule has 0 bridgehead atoms. The molecule has 0 spiro atoms. The van der Waals surface area contributed by atoms with E-state index in [4.69, 9.17) is 11.6 Å². The third-order valence-electron chi connectivity index (χ3n) is 4.32. The van der Waals surface area contributed by atoms with Crippen molar-refractivity contribution in [3.63, 3.8) is 0 Å². The zero-order chi connectivity index (χ0) is 22.0. The van der Waals surface area contributed by atoms with Gasteiger partial charge in [0.1, 0.15) is 11.4 Å². The van der Waals surface area contributed by atoms with E-state index in [2.05, 4.69) is 20.6 Å². The fourth-order valence-corrected chi connectivity index (χ4v) is 3.83. The van der Waals surface area contributed by atoms with Gasteiger partial charge in [-0.1, -0.05) is 22.9 Å². The molecule has 0 aliphatic rings. The Kier molecular flexibility index (Phi) is 5.60. The van der Waals surface area contributed by atoms with E-state index in [1.807, 2.05) is 0 Å². The first kappa shape index (κ1) is 20.4. The van der Waals surface area contributed by atoms with Crippen LogP contribution in [0.1, 0.15) is 15.4 Å². The molecule has 12 heteroatoms. The maximum atomic E-state index is 12.1. The Hall–Kier alpha value is -3.83. The van der Waals surface area contributed by atoms with Crippen LogP contribution in [0, 0.1) is 10.1 Å². The summed E-state index contributed by atoms with van der Waals surface area (Å²) in [5.41, 5.74) is 0.710. The molecule has 0 radical (unpaired) electrons. The minimum absolute atomic E-state index is 0.0830. The average Bonchev–Trinajstić information content (AvgIpc) is 3.41. The summed E-state index contributed by atoms with van der Waals surface area (Å²) in [5, 5.41) is 22.2. The van der Waals surface area contributed by atoms with Gasteiger partial charge in [0.05, 0.1) is 26.9 Å². The van der Waals surface area contributed by atoms with E-state index in [-0.39, 0.29) is 29.4 Å². The number of halogens is 1. The lowest BCUT2D eigenvalue weighted by Crippen LogP contribution is -2.21. The van der Waals surface area contributed by atoms with Crippen LogP contribution in [0.15, 0.2) is 59.7 Å². The SMILES string of the molecule is O=C(NCc1cn(-c2ccc(-c3ccc[nH]c3=O)cc2[N+](=O)[O-])nn1)c1ccc(Cl)s1. The molecule has 31 heavy (non-hydrogen) atoms. The van der Waals surface area contributed by atoms with Crippen LogP contribution in [0.3, 0.4) is 0 Å². The highest BCUT2D eigenvalue weighted by atomic mass is 35.5.